The average molecular weight is 247 g/mol. The van der Waals surface area contributed by atoms with Gasteiger partial charge in [0.15, 0.2) is 5.41 Å². The van der Waals surface area contributed by atoms with Gasteiger partial charge in [-0.25, -0.2) is 0 Å². The maximum atomic E-state index is 12.3. The maximum Gasteiger partial charge on any atom is 0.412 e. The zero-order valence-corrected chi connectivity index (χ0v) is 9.30. The van der Waals surface area contributed by atoms with Crippen molar-refractivity contribution in [1.82, 2.24) is 0 Å². The summed E-state index contributed by atoms with van der Waals surface area (Å²) in [7, 11) is 1.01. The van der Waals surface area contributed by atoms with Crippen LogP contribution in [0.5, 0.6) is 0 Å². The number of allylic oxidation sites excluding steroid dienone is 2. The van der Waals surface area contributed by atoms with Crippen LogP contribution in [-0.2, 0) is 9.53 Å². The van der Waals surface area contributed by atoms with Crippen molar-refractivity contribution in [1.29, 1.82) is 5.26 Å². The van der Waals surface area contributed by atoms with Crippen molar-refractivity contribution < 1.29 is 22.7 Å². The van der Waals surface area contributed by atoms with Crippen LogP contribution in [-0.4, -0.2) is 19.3 Å². The predicted octanol–water partition coefficient (Wildman–Crippen LogP) is 2.75. The molecule has 0 rings (SSSR count). The summed E-state index contributed by atoms with van der Waals surface area (Å²) in [5, 5.41) is 8.92. The number of rotatable bonds is 5. The summed E-state index contributed by atoms with van der Waals surface area (Å²) < 4.78 is 41.4. The Morgan fingerprint density at radius 2 is 2.06 bits per heavy atom. The van der Waals surface area contributed by atoms with E-state index in [1.54, 1.807) is 6.07 Å². The fourth-order valence-electron chi connectivity index (χ4n) is 1.26. The fraction of sp³-hybridized carbons (Fsp3) is 0.455. The third-order valence-corrected chi connectivity index (χ3v) is 2.20. The van der Waals surface area contributed by atoms with Crippen molar-refractivity contribution in [3.05, 3.63) is 24.8 Å². The minimum absolute atomic E-state index is 0.231. The van der Waals surface area contributed by atoms with Crippen LogP contribution in [0.2, 0.25) is 0 Å². The monoisotopic (exact) mass is 247 g/mol. The molecule has 0 heterocycles. The molecule has 1 unspecified atom stereocenters. The molecule has 0 N–H and O–H groups in total. The lowest BCUT2D eigenvalue weighted by Gasteiger charge is -2.24. The van der Waals surface area contributed by atoms with E-state index in [1.165, 1.54) is 6.08 Å². The third kappa shape index (κ3) is 3.63. The van der Waals surface area contributed by atoms with Crippen LogP contribution in [0.3, 0.4) is 0 Å². The first-order chi connectivity index (χ1) is 7.73. The van der Waals surface area contributed by atoms with Gasteiger partial charge >= 0.3 is 12.1 Å². The van der Waals surface area contributed by atoms with E-state index in [0.717, 1.165) is 7.11 Å². The zero-order valence-electron chi connectivity index (χ0n) is 9.30. The van der Waals surface area contributed by atoms with E-state index in [9.17, 15) is 18.0 Å². The van der Waals surface area contributed by atoms with E-state index in [1.807, 2.05) is 0 Å². The van der Waals surface area contributed by atoms with Crippen LogP contribution in [0.4, 0.5) is 13.2 Å². The van der Waals surface area contributed by atoms with E-state index in [4.69, 9.17) is 5.26 Å². The number of esters is 1. The van der Waals surface area contributed by atoms with Crippen LogP contribution in [0.1, 0.15) is 12.8 Å². The van der Waals surface area contributed by atoms with Gasteiger partial charge in [-0.05, 0) is 6.42 Å². The Balaban J connectivity index is 5.22. The molecule has 3 nitrogen and oxygen atoms in total. The van der Waals surface area contributed by atoms with Gasteiger partial charge in [-0.2, -0.15) is 18.4 Å². The summed E-state index contributed by atoms with van der Waals surface area (Å²) in [4.78, 5) is 11.4. The minimum Gasteiger partial charge on any atom is -0.468 e. The van der Waals surface area contributed by atoms with Crippen molar-refractivity contribution >= 4 is 5.97 Å². The summed E-state index contributed by atoms with van der Waals surface area (Å²) in [6.45, 7) is 6.15. The van der Waals surface area contributed by atoms with E-state index >= 15 is 0 Å². The highest BCUT2D eigenvalue weighted by atomic mass is 19.4. The zero-order chi connectivity index (χ0) is 13.7. The number of nitrogens with zero attached hydrogens (tertiary/aromatic N) is 1. The molecular weight excluding hydrogens is 235 g/mol. The number of carbonyl (C=O) groups is 1. The van der Waals surface area contributed by atoms with Crippen LogP contribution >= 0.6 is 0 Å². The van der Waals surface area contributed by atoms with E-state index < -0.39 is 29.6 Å². The van der Waals surface area contributed by atoms with Crippen molar-refractivity contribution in [2.24, 2.45) is 5.41 Å². The quantitative estimate of drug-likeness (QED) is 0.554. The van der Waals surface area contributed by atoms with Crippen molar-refractivity contribution in [3.8, 4) is 6.07 Å². The molecule has 17 heavy (non-hydrogen) atoms. The van der Waals surface area contributed by atoms with Gasteiger partial charge in [0.2, 0.25) is 0 Å². The van der Waals surface area contributed by atoms with E-state index in [0.29, 0.717) is 0 Å². The molecule has 0 aliphatic rings. The first-order valence-corrected chi connectivity index (χ1v) is 4.59. The summed E-state index contributed by atoms with van der Waals surface area (Å²) in [5.74, 6) is -1.02. The molecule has 0 aliphatic heterocycles. The first-order valence-electron chi connectivity index (χ1n) is 4.59. The lowest BCUT2D eigenvalue weighted by Crippen LogP contribution is -2.33. The Bertz CT molecular complexity index is 368. The SMILES string of the molecule is C=CCC(C#N)(CC(=C)C(F)(F)F)C(=O)OC. The van der Waals surface area contributed by atoms with Crippen LogP contribution in [0.15, 0.2) is 24.8 Å². The van der Waals surface area contributed by atoms with Crippen LogP contribution in [0, 0.1) is 16.7 Å². The van der Waals surface area contributed by atoms with Crippen LogP contribution in [0.25, 0.3) is 0 Å². The molecule has 6 heteroatoms. The highest BCUT2D eigenvalue weighted by molar-refractivity contribution is 5.80. The molecule has 94 valence electrons. The van der Waals surface area contributed by atoms with Crippen LogP contribution < -0.4 is 0 Å². The van der Waals surface area contributed by atoms with Crippen molar-refractivity contribution in [2.45, 2.75) is 19.0 Å². The summed E-state index contributed by atoms with van der Waals surface area (Å²) >= 11 is 0. The Morgan fingerprint density at radius 1 is 1.53 bits per heavy atom. The molecule has 0 aliphatic carbocycles. The number of alkyl halides is 3. The van der Waals surface area contributed by atoms with Gasteiger partial charge in [0, 0.05) is 12.0 Å². The highest BCUT2D eigenvalue weighted by Gasteiger charge is 2.44. The van der Waals surface area contributed by atoms with Gasteiger partial charge < -0.3 is 4.74 Å². The molecule has 1 atom stereocenters. The third-order valence-electron chi connectivity index (χ3n) is 2.20. The molecule has 0 bridgehead atoms. The average Bonchev–Trinajstić information content (AvgIpc) is 2.25. The molecule has 0 saturated carbocycles. The molecule has 0 aromatic heterocycles. The normalized spacial score (nSPS) is 14.3. The van der Waals surface area contributed by atoms with Gasteiger partial charge in [0.1, 0.15) is 0 Å². The fourth-order valence-corrected chi connectivity index (χ4v) is 1.26. The Labute approximate surface area is 97.2 Å². The summed E-state index contributed by atoms with van der Waals surface area (Å²) in [6.07, 6.45) is -4.50. The lowest BCUT2D eigenvalue weighted by atomic mass is 9.80. The summed E-state index contributed by atoms with van der Waals surface area (Å²) in [6, 6.07) is 1.56. The second-order valence-electron chi connectivity index (χ2n) is 3.46. The second kappa shape index (κ2) is 5.53. The largest absolute Gasteiger partial charge is 0.468 e. The first kappa shape index (κ1) is 15.2. The van der Waals surface area contributed by atoms with Crippen molar-refractivity contribution in [2.75, 3.05) is 7.11 Å². The molecule has 0 spiro atoms. The summed E-state index contributed by atoms with van der Waals surface area (Å²) in [5.41, 5.74) is -3.06. The van der Waals surface area contributed by atoms with E-state index in [-0.39, 0.29) is 6.42 Å². The molecular formula is C11H12F3NO2. The molecule has 0 aromatic carbocycles. The lowest BCUT2D eigenvalue weighted by molar-refractivity contribution is -0.150. The van der Waals surface area contributed by atoms with E-state index in [2.05, 4.69) is 17.9 Å². The smallest absolute Gasteiger partial charge is 0.412 e. The number of hydrogen-bond donors (Lipinski definition) is 0. The Hall–Kier alpha value is -1.77. The van der Waals surface area contributed by atoms with Gasteiger partial charge in [0.05, 0.1) is 13.2 Å². The molecule has 0 amide bonds. The Kier molecular flexibility index (Phi) is 4.95. The second-order valence-corrected chi connectivity index (χ2v) is 3.46. The topological polar surface area (TPSA) is 50.1 Å². The maximum absolute atomic E-state index is 12.3. The number of halogens is 3. The molecule has 0 saturated heterocycles. The molecule has 0 aromatic rings. The number of methoxy groups -OCH3 is 1. The number of ether oxygens (including phenoxy) is 1. The predicted molar refractivity (Wildman–Crippen MR) is 54.7 cm³/mol. The van der Waals surface area contributed by atoms with Gasteiger partial charge in [-0.3, -0.25) is 4.79 Å². The Morgan fingerprint density at radius 3 is 2.35 bits per heavy atom. The van der Waals surface area contributed by atoms with Gasteiger partial charge in [0.25, 0.3) is 0 Å². The van der Waals surface area contributed by atoms with Crippen molar-refractivity contribution in [3.63, 3.8) is 0 Å². The number of carbonyl (C=O) groups excluding carboxylic acids is 1. The molecule has 0 fully saturated rings. The minimum atomic E-state index is -4.64. The standard InChI is InChI=1S/C11H12F3NO2/c1-4-5-10(7-15,9(16)17-3)6-8(2)11(12,13)14/h4H,1-2,5-6H2,3H3. The molecule has 0 radical (unpaired) electrons. The number of nitriles is 1. The van der Waals surface area contributed by atoms with Gasteiger partial charge in [-0.1, -0.05) is 12.7 Å². The highest BCUT2D eigenvalue weighted by Crippen LogP contribution is 2.37. The van der Waals surface area contributed by atoms with Gasteiger partial charge in [-0.15, -0.1) is 6.58 Å². The number of hydrogen-bond acceptors (Lipinski definition) is 3.